The monoisotopic (exact) mass is 349 g/mol. The van der Waals surface area contributed by atoms with Crippen LogP contribution in [0.25, 0.3) is 0 Å². The fraction of sp³-hybridized carbons (Fsp3) is 0.333. The Hall–Kier alpha value is -2.00. The standard InChI is InChI=1S/C15H16BrN3O2/c1-4-19-14(15(16)10(2)18-19)9-21-13-6-11(8-17)5-12(7-13)20-3/h5-7H,4,9H2,1-3H3. The molecule has 1 aromatic carbocycles. The highest BCUT2D eigenvalue weighted by atomic mass is 79.9. The summed E-state index contributed by atoms with van der Waals surface area (Å²) < 4.78 is 13.8. The van der Waals surface area contributed by atoms with Gasteiger partial charge in [-0.05, 0) is 41.9 Å². The van der Waals surface area contributed by atoms with Crippen LogP contribution in [0.4, 0.5) is 0 Å². The zero-order valence-electron chi connectivity index (χ0n) is 12.2. The molecule has 0 N–H and O–H groups in total. The zero-order valence-corrected chi connectivity index (χ0v) is 13.8. The Labute approximate surface area is 132 Å². The smallest absolute Gasteiger partial charge is 0.131 e. The van der Waals surface area contributed by atoms with E-state index >= 15 is 0 Å². The molecule has 0 bridgehead atoms. The summed E-state index contributed by atoms with van der Waals surface area (Å²) in [5.41, 5.74) is 2.40. The molecular formula is C15H16BrN3O2. The molecule has 2 aromatic rings. The van der Waals surface area contributed by atoms with E-state index in [4.69, 9.17) is 14.7 Å². The van der Waals surface area contributed by atoms with Crippen molar-refractivity contribution in [2.45, 2.75) is 27.0 Å². The predicted molar refractivity (Wildman–Crippen MR) is 82.4 cm³/mol. The average molecular weight is 350 g/mol. The molecule has 0 aliphatic carbocycles. The van der Waals surface area contributed by atoms with Crippen LogP contribution in [-0.4, -0.2) is 16.9 Å². The Morgan fingerprint density at radius 2 is 2.05 bits per heavy atom. The van der Waals surface area contributed by atoms with Crippen LogP contribution in [0.15, 0.2) is 22.7 Å². The number of methoxy groups -OCH3 is 1. The minimum atomic E-state index is 0.368. The molecule has 0 amide bonds. The lowest BCUT2D eigenvalue weighted by molar-refractivity contribution is 0.289. The van der Waals surface area contributed by atoms with Crippen molar-refractivity contribution in [2.75, 3.05) is 7.11 Å². The topological polar surface area (TPSA) is 60.1 Å². The lowest BCUT2D eigenvalue weighted by Crippen LogP contribution is -2.06. The van der Waals surface area contributed by atoms with Crippen molar-refractivity contribution in [3.05, 3.63) is 39.6 Å². The van der Waals surface area contributed by atoms with Crippen molar-refractivity contribution in [1.82, 2.24) is 9.78 Å². The van der Waals surface area contributed by atoms with E-state index in [2.05, 4.69) is 27.1 Å². The van der Waals surface area contributed by atoms with Crippen LogP contribution in [-0.2, 0) is 13.2 Å². The number of rotatable bonds is 5. The van der Waals surface area contributed by atoms with E-state index < -0.39 is 0 Å². The van der Waals surface area contributed by atoms with Crippen LogP contribution in [0.1, 0.15) is 23.9 Å². The lowest BCUT2D eigenvalue weighted by Gasteiger charge is -2.10. The van der Waals surface area contributed by atoms with Crippen LogP contribution in [0, 0.1) is 18.3 Å². The molecule has 0 spiro atoms. The van der Waals surface area contributed by atoms with Gasteiger partial charge in [-0.1, -0.05) is 0 Å². The Kier molecular flexibility index (Phi) is 4.86. The summed E-state index contributed by atoms with van der Waals surface area (Å²) >= 11 is 3.53. The molecule has 21 heavy (non-hydrogen) atoms. The van der Waals surface area contributed by atoms with E-state index in [-0.39, 0.29) is 0 Å². The van der Waals surface area contributed by atoms with Crippen LogP contribution < -0.4 is 9.47 Å². The van der Waals surface area contributed by atoms with E-state index in [0.717, 1.165) is 22.4 Å². The molecule has 110 valence electrons. The highest BCUT2D eigenvalue weighted by Crippen LogP contribution is 2.26. The zero-order chi connectivity index (χ0) is 15.4. The van der Waals surface area contributed by atoms with Gasteiger partial charge in [0.05, 0.1) is 34.6 Å². The quantitative estimate of drug-likeness (QED) is 0.829. The van der Waals surface area contributed by atoms with Crippen molar-refractivity contribution in [3.8, 4) is 17.6 Å². The third kappa shape index (κ3) is 3.37. The van der Waals surface area contributed by atoms with Gasteiger partial charge in [0.2, 0.25) is 0 Å². The summed E-state index contributed by atoms with van der Waals surface area (Å²) in [5, 5.41) is 13.4. The van der Waals surface area contributed by atoms with E-state index in [0.29, 0.717) is 23.7 Å². The first-order valence-electron chi connectivity index (χ1n) is 6.52. The second kappa shape index (κ2) is 6.64. The van der Waals surface area contributed by atoms with Gasteiger partial charge in [-0.2, -0.15) is 10.4 Å². The Bertz CT molecular complexity index is 689. The van der Waals surface area contributed by atoms with E-state index in [9.17, 15) is 0 Å². The van der Waals surface area contributed by atoms with Crippen molar-refractivity contribution >= 4 is 15.9 Å². The van der Waals surface area contributed by atoms with Crippen molar-refractivity contribution in [1.29, 1.82) is 5.26 Å². The first kappa shape index (κ1) is 15.4. The molecule has 2 rings (SSSR count). The van der Waals surface area contributed by atoms with Crippen LogP contribution in [0.5, 0.6) is 11.5 Å². The molecule has 0 saturated carbocycles. The summed E-state index contributed by atoms with van der Waals surface area (Å²) in [5.74, 6) is 1.20. The maximum absolute atomic E-state index is 9.01. The maximum atomic E-state index is 9.01. The number of hydrogen-bond donors (Lipinski definition) is 0. The maximum Gasteiger partial charge on any atom is 0.131 e. The molecule has 0 atom stereocenters. The van der Waals surface area contributed by atoms with Gasteiger partial charge < -0.3 is 9.47 Å². The number of aryl methyl sites for hydroxylation is 2. The molecule has 0 fully saturated rings. The van der Waals surface area contributed by atoms with Gasteiger partial charge in [0, 0.05) is 12.6 Å². The molecular weight excluding hydrogens is 334 g/mol. The summed E-state index contributed by atoms with van der Waals surface area (Å²) in [6.45, 7) is 5.11. The number of nitriles is 1. The van der Waals surface area contributed by atoms with Gasteiger partial charge in [0.25, 0.3) is 0 Å². The largest absolute Gasteiger partial charge is 0.497 e. The van der Waals surface area contributed by atoms with Crippen LogP contribution >= 0.6 is 15.9 Å². The van der Waals surface area contributed by atoms with Crippen molar-refractivity contribution in [2.24, 2.45) is 0 Å². The highest BCUT2D eigenvalue weighted by Gasteiger charge is 2.13. The van der Waals surface area contributed by atoms with Gasteiger partial charge >= 0.3 is 0 Å². The van der Waals surface area contributed by atoms with E-state index in [1.165, 1.54) is 0 Å². The van der Waals surface area contributed by atoms with E-state index in [1.54, 1.807) is 25.3 Å². The minimum Gasteiger partial charge on any atom is -0.497 e. The number of halogens is 1. The fourth-order valence-corrected chi connectivity index (χ4v) is 2.39. The van der Waals surface area contributed by atoms with Crippen LogP contribution in [0.2, 0.25) is 0 Å². The normalized spacial score (nSPS) is 10.2. The first-order chi connectivity index (χ1) is 10.1. The highest BCUT2D eigenvalue weighted by molar-refractivity contribution is 9.10. The number of ether oxygens (including phenoxy) is 2. The first-order valence-corrected chi connectivity index (χ1v) is 7.32. The van der Waals surface area contributed by atoms with E-state index in [1.807, 2.05) is 18.5 Å². The lowest BCUT2D eigenvalue weighted by atomic mass is 10.2. The fourth-order valence-electron chi connectivity index (χ4n) is 2.00. The second-order valence-electron chi connectivity index (χ2n) is 4.46. The number of nitrogens with zero attached hydrogens (tertiary/aromatic N) is 3. The molecule has 0 radical (unpaired) electrons. The summed E-state index contributed by atoms with van der Waals surface area (Å²) in [4.78, 5) is 0. The van der Waals surface area contributed by atoms with Gasteiger partial charge in [0.1, 0.15) is 18.1 Å². The van der Waals surface area contributed by atoms with Gasteiger partial charge in [-0.15, -0.1) is 0 Å². The van der Waals surface area contributed by atoms with Crippen molar-refractivity contribution < 1.29 is 9.47 Å². The third-order valence-electron chi connectivity index (χ3n) is 3.07. The third-order valence-corrected chi connectivity index (χ3v) is 4.10. The Morgan fingerprint density at radius 3 is 2.67 bits per heavy atom. The minimum absolute atomic E-state index is 0.368. The molecule has 0 unspecified atom stereocenters. The average Bonchev–Trinajstić information content (AvgIpc) is 2.79. The van der Waals surface area contributed by atoms with Gasteiger partial charge in [-0.3, -0.25) is 4.68 Å². The molecule has 5 nitrogen and oxygen atoms in total. The number of aromatic nitrogens is 2. The van der Waals surface area contributed by atoms with Crippen molar-refractivity contribution in [3.63, 3.8) is 0 Å². The summed E-state index contributed by atoms with van der Waals surface area (Å²) in [7, 11) is 1.56. The SMILES string of the molecule is CCn1nc(C)c(Br)c1COc1cc(C#N)cc(OC)c1. The Balaban J connectivity index is 2.22. The second-order valence-corrected chi connectivity index (χ2v) is 5.25. The predicted octanol–water partition coefficient (Wildman–Crippen LogP) is 3.43. The molecule has 1 heterocycles. The molecule has 6 heteroatoms. The van der Waals surface area contributed by atoms with Gasteiger partial charge in [-0.25, -0.2) is 0 Å². The molecule has 0 aliphatic heterocycles. The summed E-state index contributed by atoms with van der Waals surface area (Å²) in [6.07, 6.45) is 0. The summed E-state index contributed by atoms with van der Waals surface area (Å²) in [6, 6.07) is 7.21. The molecule has 0 aliphatic rings. The number of hydrogen-bond acceptors (Lipinski definition) is 4. The number of benzene rings is 1. The molecule has 1 aromatic heterocycles. The van der Waals surface area contributed by atoms with Gasteiger partial charge in [0.15, 0.2) is 0 Å². The molecule has 0 saturated heterocycles. The Morgan fingerprint density at radius 1 is 1.33 bits per heavy atom. The van der Waals surface area contributed by atoms with Crippen LogP contribution in [0.3, 0.4) is 0 Å².